The lowest BCUT2D eigenvalue weighted by Crippen LogP contribution is -2.19. The van der Waals surface area contributed by atoms with Crippen LogP contribution in [0.1, 0.15) is 37.4 Å². The Morgan fingerprint density at radius 3 is 2.71 bits per heavy atom. The number of nitrogens with one attached hydrogen (secondary N) is 1. The van der Waals surface area contributed by atoms with Crippen molar-refractivity contribution in [3.8, 4) is 17.2 Å². The first-order valence-electron chi connectivity index (χ1n) is 7.19. The molecule has 0 fully saturated rings. The molecule has 0 aliphatic rings. The molecule has 0 aromatic heterocycles. The van der Waals surface area contributed by atoms with Crippen molar-refractivity contribution in [1.29, 1.82) is 5.26 Å². The molecule has 2 nitrogen and oxygen atoms in total. The molecule has 2 aromatic rings. The summed E-state index contributed by atoms with van der Waals surface area (Å²) in [6.45, 7) is 5.15. The van der Waals surface area contributed by atoms with E-state index < -0.39 is 0 Å². The van der Waals surface area contributed by atoms with Crippen LogP contribution in [0, 0.1) is 17.1 Å². The monoisotopic (exact) mass is 282 g/mol. The van der Waals surface area contributed by atoms with Crippen LogP contribution in [0.15, 0.2) is 42.5 Å². The van der Waals surface area contributed by atoms with Gasteiger partial charge in [-0.2, -0.15) is 5.26 Å². The summed E-state index contributed by atoms with van der Waals surface area (Å²) in [6, 6.07) is 14.6. The van der Waals surface area contributed by atoms with Crippen molar-refractivity contribution >= 4 is 0 Å². The summed E-state index contributed by atoms with van der Waals surface area (Å²) < 4.78 is 13.7. The summed E-state index contributed by atoms with van der Waals surface area (Å²) in [5.74, 6) is -0.381. The quantitative estimate of drug-likeness (QED) is 0.881. The molecule has 3 heteroatoms. The third kappa shape index (κ3) is 3.68. The van der Waals surface area contributed by atoms with E-state index in [1.54, 1.807) is 6.07 Å². The summed E-state index contributed by atoms with van der Waals surface area (Å²) in [5, 5.41) is 12.4. The molecule has 0 aliphatic heterocycles. The average Bonchev–Trinajstić information content (AvgIpc) is 2.51. The van der Waals surface area contributed by atoms with E-state index in [1.165, 1.54) is 12.1 Å². The van der Waals surface area contributed by atoms with Crippen molar-refractivity contribution in [1.82, 2.24) is 5.32 Å². The van der Waals surface area contributed by atoms with E-state index in [0.717, 1.165) is 29.7 Å². The minimum atomic E-state index is -0.381. The molecule has 2 rings (SSSR count). The van der Waals surface area contributed by atoms with E-state index in [1.807, 2.05) is 30.3 Å². The van der Waals surface area contributed by atoms with Crippen molar-refractivity contribution in [3.05, 3.63) is 59.4 Å². The van der Waals surface area contributed by atoms with Gasteiger partial charge in [0.1, 0.15) is 5.82 Å². The van der Waals surface area contributed by atoms with Crippen LogP contribution in [0.3, 0.4) is 0 Å². The fourth-order valence-corrected chi connectivity index (χ4v) is 2.42. The van der Waals surface area contributed by atoms with Gasteiger partial charge in [-0.05, 0) is 54.8 Å². The molecule has 0 radical (unpaired) electrons. The molecule has 0 spiro atoms. The molecule has 1 unspecified atom stereocenters. The normalized spacial score (nSPS) is 11.9. The fraction of sp³-hybridized carbons (Fsp3) is 0.278. The van der Waals surface area contributed by atoms with Gasteiger partial charge in [0, 0.05) is 6.04 Å². The number of nitrogens with zero attached hydrogens (tertiary/aromatic N) is 1. The first kappa shape index (κ1) is 15.2. The lowest BCUT2D eigenvalue weighted by Gasteiger charge is -2.18. The standard InChI is InChI=1S/C18H19FN2/c1-3-8-21-13(2)17-6-4-5-7-18(17)15-9-14(12-20)10-16(19)11-15/h4-7,9-11,13,21H,3,8H2,1-2H3. The van der Waals surface area contributed by atoms with Crippen LogP contribution >= 0.6 is 0 Å². The smallest absolute Gasteiger partial charge is 0.125 e. The molecule has 0 heterocycles. The minimum absolute atomic E-state index is 0.176. The van der Waals surface area contributed by atoms with Crippen LogP contribution in [-0.2, 0) is 0 Å². The topological polar surface area (TPSA) is 35.8 Å². The molecule has 2 aromatic carbocycles. The minimum Gasteiger partial charge on any atom is -0.310 e. The molecule has 0 bridgehead atoms. The molecular weight excluding hydrogens is 263 g/mol. The van der Waals surface area contributed by atoms with Crippen molar-refractivity contribution in [3.63, 3.8) is 0 Å². The summed E-state index contributed by atoms with van der Waals surface area (Å²) >= 11 is 0. The van der Waals surface area contributed by atoms with Gasteiger partial charge in [-0.25, -0.2) is 4.39 Å². The fourth-order valence-electron chi connectivity index (χ4n) is 2.42. The van der Waals surface area contributed by atoms with E-state index in [2.05, 4.69) is 19.2 Å². The Morgan fingerprint density at radius 1 is 1.24 bits per heavy atom. The van der Waals surface area contributed by atoms with Gasteiger partial charge in [0.05, 0.1) is 11.6 Å². The van der Waals surface area contributed by atoms with Gasteiger partial charge < -0.3 is 5.32 Å². The number of hydrogen-bond acceptors (Lipinski definition) is 2. The van der Waals surface area contributed by atoms with Gasteiger partial charge in [-0.3, -0.25) is 0 Å². The Labute approximate surface area is 125 Å². The second-order valence-electron chi connectivity index (χ2n) is 5.10. The van der Waals surface area contributed by atoms with Gasteiger partial charge in [0.25, 0.3) is 0 Å². The maximum atomic E-state index is 13.7. The zero-order chi connectivity index (χ0) is 15.2. The highest BCUT2D eigenvalue weighted by Crippen LogP contribution is 2.29. The van der Waals surface area contributed by atoms with E-state index in [0.29, 0.717) is 5.56 Å². The highest BCUT2D eigenvalue weighted by molar-refractivity contribution is 5.69. The zero-order valence-electron chi connectivity index (χ0n) is 12.4. The third-order valence-electron chi connectivity index (χ3n) is 3.47. The second kappa shape index (κ2) is 7.01. The van der Waals surface area contributed by atoms with Gasteiger partial charge in [0.2, 0.25) is 0 Å². The maximum Gasteiger partial charge on any atom is 0.125 e. The molecular formula is C18H19FN2. The van der Waals surface area contributed by atoms with E-state index in [9.17, 15) is 4.39 Å². The van der Waals surface area contributed by atoms with Crippen molar-refractivity contribution in [2.24, 2.45) is 0 Å². The lowest BCUT2D eigenvalue weighted by molar-refractivity contribution is 0.571. The number of hydrogen-bond donors (Lipinski definition) is 1. The first-order valence-corrected chi connectivity index (χ1v) is 7.19. The van der Waals surface area contributed by atoms with Crippen LogP contribution in [0.5, 0.6) is 0 Å². The summed E-state index contributed by atoms with van der Waals surface area (Å²) in [5.41, 5.74) is 3.16. The highest BCUT2D eigenvalue weighted by Gasteiger charge is 2.12. The van der Waals surface area contributed by atoms with Crippen LogP contribution in [0.25, 0.3) is 11.1 Å². The summed E-state index contributed by atoms with van der Waals surface area (Å²) in [4.78, 5) is 0. The van der Waals surface area contributed by atoms with Crippen molar-refractivity contribution in [2.75, 3.05) is 6.54 Å². The Hall–Kier alpha value is -2.18. The molecule has 1 N–H and O–H groups in total. The molecule has 0 saturated heterocycles. The Bertz CT molecular complexity index is 659. The Morgan fingerprint density at radius 2 is 2.00 bits per heavy atom. The Kier molecular flexibility index (Phi) is 5.08. The van der Waals surface area contributed by atoms with Crippen molar-refractivity contribution in [2.45, 2.75) is 26.3 Å². The van der Waals surface area contributed by atoms with E-state index in [-0.39, 0.29) is 11.9 Å². The van der Waals surface area contributed by atoms with Crippen LogP contribution in [0.4, 0.5) is 4.39 Å². The van der Waals surface area contributed by atoms with Gasteiger partial charge >= 0.3 is 0 Å². The predicted octanol–water partition coefficient (Wildman–Crippen LogP) is 4.42. The van der Waals surface area contributed by atoms with Crippen molar-refractivity contribution < 1.29 is 4.39 Å². The first-order chi connectivity index (χ1) is 10.2. The third-order valence-corrected chi connectivity index (χ3v) is 3.47. The van der Waals surface area contributed by atoms with Crippen LogP contribution in [-0.4, -0.2) is 6.54 Å². The number of halogens is 1. The summed E-state index contributed by atoms with van der Waals surface area (Å²) in [6.07, 6.45) is 1.06. The SMILES string of the molecule is CCCNC(C)c1ccccc1-c1cc(F)cc(C#N)c1. The molecule has 0 amide bonds. The predicted molar refractivity (Wildman–Crippen MR) is 83.3 cm³/mol. The summed E-state index contributed by atoms with van der Waals surface area (Å²) in [7, 11) is 0. The van der Waals surface area contributed by atoms with Gasteiger partial charge in [-0.1, -0.05) is 31.2 Å². The zero-order valence-corrected chi connectivity index (χ0v) is 12.4. The lowest BCUT2D eigenvalue weighted by atomic mass is 9.94. The molecule has 108 valence electrons. The average molecular weight is 282 g/mol. The number of benzene rings is 2. The van der Waals surface area contributed by atoms with Gasteiger partial charge in [-0.15, -0.1) is 0 Å². The van der Waals surface area contributed by atoms with E-state index in [4.69, 9.17) is 5.26 Å². The highest BCUT2D eigenvalue weighted by atomic mass is 19.1. The van der Waals surface area contributed by atoms with Crippen LogP contribution < -0.4 is 5.32 Å². The Balaban J connectivity index is 2.45. The number of rotatable bonds is 5. The molecule has 0 saturated carbocycles. The number of nitriles is 1. The molecule has 1 atom stereocenters. The second-order valence-corrected chi connectivity index (χ2v) is 5.10. The molecule has 0 aliphatic carbocycles. The maximum absolute atomic E-state index is 13.7. The van der Waals surface area contributed by atoms with Crippen LogP contribution in [0.2, 0.25) is 0 Å². The molecule has 21 heavy (non-hydrogen) atoms. The van der Waals surface area contributed by atoms with Gasteiger partial charge in [0.15, 0.2) is 0 Å². The largest absolute Gasteiger partial charge is 0.310 e. The van der Waals surface area contributed by atoms with E-state index >= 15 is 0 Å².